The van der Waals surface area contributed by atoms with Crippen molar-refractivity contribution in [3.8, 4) is 5.75 Å². The number of aliphatic carboxylic acids is 1. The van der Waals surface area contributed by atoms with E-state index in [0.29, 0.717) is 16.8 Å². The summed E-state index contributed by atoms with van der Waals surface area (Å²) in [6.07, 6.45) is 11.2. The number of aryl methyl sites for hydroxylation is 2. The van der Waals surface area contributed by atoms with Crippen molar-refractivity contribution >= 4 is 29.1 Å². The van der Waals surface area contributed by atoms with Crippen molar-refractivity contribution in [2.45, 2.75) is 147 Å². The zero-order valence-electron chi connectivity index (χ0n) is 35.9. The van der Waals surface area contributed by atoms with Crippen LogP contribution in [0.1, 0.15) is 148 Å². The molecule has 0 fully saturated rings. The zero-order chi connectivity index (χ0) is 43.6. The van der Waals surface area contributed by atoms with Gasteiger partial charge in [0.2, 0.25) is 5.91 Å². The average molecular weight is 789 g/mol. The number of halogens is 3. The minimum Gasteiger partial charge on any atom is -0.481 e. The molecule has 0 spiro atoms. The highest BCUT2D eigenvalue weighted by molar-refractivity contribution is 5.93. The summed E-state index contributed by atoms with van der Waals surface area (Å²) in [6, 6.07) is 8.58. The van der Waals surface area contributed by atoms with Crippen molar-refractivity contribution in [1.29, 1.82) is 0 Å². The van der Waals surface area contributed by atoms with E-state index in [2.05, 4.69) is 44.3 Å². The molecular formula is C45H67F3N2O6. The van der Waals surface area contributed by atoms with Crippen molar-refractivity contribution in [1.82, 2.24) is 0 Å². The number of nitrogens with two attached hydrogens (primary N) is 1. The van der Waals surface area contributed by atoms with E-state index < -0.39 is 30.1 Å². The molecule has 2 rings (SSSR count). The maximum absolute atomic E-state index is 14.4. The number of amides is 1. The van der Waals surface area contributed by atoms with Crippen LogP contribution in [0.4, 0.5) is 13.2 Å². The molecule has 0 bridgehead atoms. The second kappa shape index (κ2) is 28.7. The first-order chi connectivity index (χ1) is 26.2. The normalized spacial score (nSPS) is 12.6. The molecule has 2 aromatic carbocycles. The Hall–Kier alpha value is -4.67. The Morgan fingerprint density at radius 3 is 2.09 bits per heavy atom. The smallest absolute Gasteiger partial charge is 0.387 e. The van der Waals surface area contributed by atoms with Gasteiger partial charge >= 0.3 is 18.6 Å². The highest BCUT2D eigenvalue weighted by atomic mass is 19.3. The standard InChI is InChI=1S/C22H28FNO4.C13H26.C8H7F2NO2.C2H6/c1-7-8-17(18-11-14(2)15(3)12-19(18)23)13-24-16(4)22(5,6)28-21(27)10-9-20(25)26;1-6-11(3)9-8-10-13(5)12(4)7-2;9-8(10)13-6-3-1-2-5(4-6)7(11)12;1-2/h7-8,11-13H,9-10H2,1-6H3,(H,25,26);11H,6-10H2,1-5H3;1-4,8H,(H2,11,12);1-2H3/b8-7?,17-13+,24-16?;;;. The minimum absolute atomic E-state index is 0.0775. The largest absolute Gasteiger partial charge is 0.481 e. The molecule has 314 valence electrons. The van der Waals surface area contributed by atoms with Gasteiger partial charge in [0.05, 0.1) is 18.6 Å². The van der Waals surface area contributed by atoms with Gasteiger partial charge in [-0.25, -0.2) is 4.39 Å². The molecule has 0 saturated carbocycles. The van der Waals surface area contributed by atoms with E-state index in [-0.39, 0.29) is 30.0 Å². The van der Waals surface area contributed by atoms with E-state index in [9.17, 15) is 27.6 Å². The van der Waals surface area contributed by atoms with E-state index in [0.717, 1.165) is 23.1 Å². The third-order valence-corrected chi connectivity index (χ3v) is 8.97. The Kier molecular flexibility index (Phi) is 27.4. The second-order valence-electron chi connectivity index (χ2n) is 13.7. The van der Waals surface area contributed by atoms with Gasteiger partial charge in [-0.2, -0.15) is 8.78 Å². The van der Waals surface area contributed by atoms with Gasteiger partial charge in [-0.15, -0.1) is 0 Å². The predicted octanol–water partition coefficient (Wildman–Crippen LogP) is 12.4. The lowest BCUT2D eigenvalue weighted by Gasteiger charge is -2.24. The van der Waals surface area contributed by atoms with Gasteiger partial charge in [0.25, 0.3) is 0 Å². The van der Waals surface area contributed by atoms with E-state index in [1.165, 1.54) is 62.6 Å². The topological polar surface area (TPSA) is 128 Å². The number of primary amides is 1. The Morgan fingerprint density at radius 2 is 1.57 bits per heavy atom. The molecule has 11 heteroatoms. The van der Waals surface area contributed by atoms with Gasteiger partial charge in [0.15, 0.2) is 0 Å². The first-order valence-electron chi connectivity index (χ1n) is 19.3. The van der Waals surface area contributed by atoms with Crippen LogP contribution in [0.3, 0.4) is 0 Å². The molecule has 0 saturated heterocycles. The molecular weight excluding hydrogens is 721 g/mol. The van der Waals surface area contributed by atoms with Gasteiger partial charge in [0, 0.05) is 22.9 Å². The minimum atomic E-state index is -2.90. The lowest BCUT2D eigenvalue weighted by molar-refractivity contribution is -0.153. The molecule has 1 atom stereocenters. The van der Waals surface area contributed by atoms with Crippen molar-refractivity contribution in [3.05, 3.63) is 94.0 Å². The van der Waals surface area contributed by atoms with Crippen LogP contribution in [-0.2, 0) is 14.3 Å². The molecule has 1 unspecified atom stereocenters. The zero-order valence-corrected chi connectivity index (χ0v) is 35.9. The number of hydrogen-bond donors (Lipinski definition) is 2. The van der Waals surface area contributed by atoms with E-state index >= 15 is 0 Å². The summed E-state index contributed by atoms with van der Waals surface area (Å²) < 4.78 is 47.3. The SMILES string of the molecule is CC.CC=C/C(=C\N=C(C)C(C)(C)OC(=O)CCC(=O)O)c1cc(C)c(C)cc1F.CCC(C)=C(C)CCCC(C)CC.NC(=O)c1cccc(OC(F)F)c1. The highest BCUT2D eigenvalue weighted by Crippen LogP contribution is 2.24. The van der Waals surface area contributed by atoms with Crippen LogP contribution < -0.4 is 10.5 Å². The molecule has 56 heavy (non-hydrogen) atoms. The third-order valence-electron chi connectivity index (χ3n) is 8.97. The number of carboxylic acid groups (broad SMARTS) is 1. The highest BCUT2D eigenvalue weighted by Gasteiger charge is 2.26. The molecule has 0 aliphatic heterocycles. The molecule has 0 aromatic heterocycles. The lowest BCUT2D eigenvalue weighted by Crippen LogP contribution is -2.35. The average Bonchev–Trinajstić information content (AvgIpc) is 3.14. The maximum Gasteiger partial charge on any atom is 0.387 e. The number of ether oxygens (including phenoxy) is 2. The maximum atomic E-state index is 14.4. The van der Waals surface area contributed by atoms with Crippen LogP contribution >= 0.6 is 0 Å². The summed E-state index contributed by atoms with van der Waals surface area (Å²) in [5, 5.41) is 8.66. The number of esters is 1. The van der Waals surface area contributed by atoms with Crippen LogP contribution in [-0.4, -0.2) is 40.9 Å². The number of aliphatic imine (C=N–C) groups is 1. The van der Waals surface area contributed by atoms with E-state index in [1.54, 1.807) is 50.1 Å². The molecule has 1 amide bonds. The number of alkyl halides is 2. The molecule has 0 aliphatic carbocycles. The number of nitrogens with zero attached hydrogens (tertiary/aromatic N) is 1. The predicted molar refractivity (Wildman–Crippen MR) is 224 cm³/mol. The van der Waals surface area contributed by atoms with Crippen molar-refractivity contribution in [2.75, 3.05) is 0 Å². The van der Waals surface area contributed by atoms with Crippen molar-refractivity contribution in [2.24, 2.45) is 16.6 Å². The van der Waals surface area contributed by atoms with Gasteiger partial charge < -0.3 is 20.3 Å². The number of hydrogen-bond acceptors (Lipinski definition) is 6. The quantitative estimate of drug-likeness (QED) is 0.0711. The second-order valence-corrected chi connectivity index (χ2v) is 13.7. The number of carboxylic acids is 1. The van der Waals surface area contributed by atoms with Gasteiger partial charge in [0.1, 0.15) is 17.2 Å². The fourth-order valence-electron chi connectivity index (χ4n) is 4.58. The number of carbonyl (C=O) groups is 3. The fourth-order valence-corrected chi connectivity index (χ4v) is 4.58. The molecule has 0 radical (unpaired) electrons. The summed E-state index contributed by atoms with van der Waals surface area (Å²) in [7, 11) is 0. The van der Waals surface area contributed by atoms with Gasteiger partial charge in [-0.1, -0.05) is 76.8 Å². The first-order valence-corrected chi connectivity index (χ1v) is 19.3. The number of carbonyl (C=O) groups excluding carboxylic acids is 2. The summed E-state index contributed by atoms with van der Waals surface area (Å²) in [5.74, 6) is -1.85. The Morgan fingerprint density at radius 1 is 0.964 bits per heavy atom. The Balaban J connectivity index is 0. The molecule has 8 nitrogen and oxygen atoms in total. The lowest BCUT2D eigenvalue weighted by atomic mass is 9.97. The summed E-state index contributed by atoms with van der Waals surface area (Å²) in [4.78, 5) is 37.4. The number of benzene rings is 2. The van der Waals surface area contributed by atoms with E-state index in [4.69, 9.17) is 15.6 Å². The van der Waals surface area contributed by atoms with E-state index in [1.807, 2.05) is 34.6 Å². The number of allylic oxidation sites excluding steroid dienone is 5. The fraction of sp³-hybridized carbons (Fsp3) is 0.511. The Bertz CT molecular complexity index is 1640. The summed E-state index contributed by atoms with van der Waals surface area (Å²) >= 11 is 0. The first kappa shape index (κ1) is 53.4. The monoisotopic (exact) mass is 788 g/mol. The summed E-state index contributed by atoms with van der Waals surface area (Å²) in [5.41, 5.74) is 10.6. The molecule has 0 heterocycles. The van der Waals surface area contributed by atoms with Crippen LogP contribution in [0, 0.1) is 25.6 Å². The van der Waals surface area contributed by atoms with Crippen LogP contribution in [0.15, 0.2) is 70.9 Å². The third kappa shape index (κ3) is 22.6. The Labute approximate surface area is 334 Å². The van der Waals surface area contributed by atoms with Gasteiger partial charge in [-0.05, 0) is 122 Å². The van der Waals surface area contributed by atoms with Crippen LogP contribution in [0.5, 0.6) is 5.75 Å². The molecule has 0 aliphatic rings. The van der Waals surface area contributed by atoms with Crippen molar-refractivity contribution in [3.63, 3.8) is 0 Å². The van der Waals surface area contributed by atoms with Crippen molar-refractivity contribution < 1.29 is 42.1 Å². The van der Waals surface area contributed by atoms with Gasteiger partial charge in [-0.3, -0.25) is 19.4 Å². The summed E-state index contributed by atoms with van der Waals surface area (Å²) in [6.45, 7) is 23.2. The van der Waals surface area contributed by atoms with Crippen LogP contribution in [0.25, 0.3) is 5.57 Å². The number of rotatable bonds is 17. The molecule has 3 N–H and O–H groups in total. The molecule has 2 aromatic rings. The van der Waals surface area contributed by atoms with Crippen LogP contribution in [0.2, 0.25) is 0 Å².